The predicted molar refractivity (Wildman–Crippen MR) is 382 cm³/mol. The van der Waals surface area contributed by atoms with Crippen LogP contribution in [-0.2, 0) is 0 Å². The predicted octanol–water partition coefficient (Wildman–Crippen LogP) is 10.2. The van der Waals surface area contributed by atoms with Gasteiger partial charge >= 0.3 is 0 Å². The standard InChI is InChI=1S/C40H28O3Si2.C40H32O3Si2.CH4/c1-5-17-29(18-6-1)44(30-19-7-2-8-20-30)35-27-15-13-25-33(35)41-37-38-40(43-39(37)44)45(31-21-9-3-10-22-31,32-23-11-4-12-24-32)36-28-16-14-26-34(36)42-38;1-7-19-31(20-8-1)41-37-38(42-32-21-9-2-10-22-32)40(45(35-27-15-5-16-28-35)36-29-17-6-18-30-36)43-39(37)44(33-23-11-3-12-24-33)34-25-13-4-14-26-34;/h1-28H;1-30,44-45H;1H4. The van der Waals surface area contributed by atoms with E-state index >= 15 is 0 Å². The molecule has 0 fully saturated rings. The van der Waals surface area contributed by atoms with Crippen LogP contribution in [0.15, 0.2) is 361 Å². The Balaban J connectivity index is 0.000000157. The third kappa shape index (κ3) is 10.6. The van der Waals surface area contributed by atoms with E-state index in [1.54, 1.807) is 0 Å². The number of hydrogen-bond acceptors (Lipinski definition) is 6. The lowest BCUT2D eigenvalue weighted by atomic mass is 10.3. The molecule has 0 spiro atoms. The Bertz CT molecular complexity index is 4240. The Morgan fingerprint density at radius 1 is 0.253 bits per heavy atom. The van der Waals surface area contributed by atoms with Crippen LogP contribution >= 0.6 is 0 Å². The maximum atomic E-state index is 7.57. The molecule has 2 aliphatic heterocycles. The first-order valence-corrected chi connectivity index (χ1v) is 37.9. The second kappa shape index (κ2) is 25.8. The number of ether oxygens (including phenoxy) is 4. The molecule has 0 saturated carbocycles. The minimum Gasteiger partial charge on any atom is -0.467 e. The molecule has 2 aromatic heterocycles. The summed E-state index contributed by atoms with van der Waals surface area (Å²) in [7, 11) is -10.4. The minimum atomic E-state index is -3.01. The van der Waals surface area contributed by atoms with Gasteiger partial charge in [-0.1, -0.05) is 323 Å². The van der Waals surface area contributed by atoms with Crippen molar-refractivity contribution in [2.75, 3.05) is 0 Å². The normalized spacial score (nSPS) is 12.9. The van der Waals surface area contributed by atoms with E-state index in [2.05, 4.69) is 291 Å². The fourth-order valence-corrected chi connectivity index (χ4v) is 28.8. The third-order valence-corrected chi connectivity index (χ3v) is 32.5. The Hall–Kier alpha value is -10.7. The summed E-state index contributed by atoms with van der Waals surface area (Å²) in [6.07, 6.45) is 0. The van der Waals surface area contributed by atoms with Gasteiger partial charge in [0.1, 0.15) is 44.5 Å². The lowest BCUT2D eigenvalue weighted by Gasteiger charge is -2.36. The zero-order valence-corrected chi connectivity index (χ0v) is 53.4. The Morgan fingerprint density at radius 2 is 0.495 bits per heavy atom. The third-order valence-electron chi connectivity index (χ3n) is 17.2. The van der Waals surface area contributed by atoms with Crippen LogP contribution in [0.25, 0.3) is 0 Å². The Morgan fingerprint density at radius 3 is 0.780 bits per heavy atom. The maximum absolute atomic E-state index is 7.57. The van der Waals surface area contributed by atoms with Crippen molar-refractivity contribution < 1.29 is 27.8 Å². The molecule has 0 saturated heterocycles. The summed E-state index contributed by atoms with van der Waals surface area (Å²) in [4.78, 5) is 0. The van der Waals surface area contributed by atoms with E-state index < -0.39 is 33.7 Å². The number of benzene rings is 12. The average Bonchev–Trinajstić information content (AvgIpc) is 1.58. The Kier molecular flexibility index (Phi) is 16.4. The average molecular weight is 1250 g/mol. The lowest BCUT2D eigenvalue weighted by molar-refractivity contribution is 0.426. The highest BCUT2D eigenvalue weighted by molar-refractivity contribution is 7.22. The summed E-state index contributed by atoms with van der Waals surface area (Å²) in [6, 6.07) is 123. The molecule has 12 aromatic carbocycles. The molecule has 10 heteroatoms. The molecule has 6 nitrogen and oxygen atoms in total. The van der Waals surface area contributed by atoms with E-state index in [0.717, 1.165) is 44.5 Å². The van der Waals surface area contributed by atoms with E-state index in [-0.39, 0.29) is 7.43 Å². The second-order valence-corrected chi connectivity index (χ2v) is 35.1. The van der Waals surface area contributed by atoms with Crippen molar-refractivity contribution in [3.63, 3.8) is 0 Å². The topological polar surface area (TPSA) is 63.2 Å². The van der Waals surface area contributed by atoms with Gasteiger partial charge in [-0.2, -0.15) is 0 Å². The largest absolute Gasteiger partial charge is 0.467 e. The lowest BCUT2D eigenvalue weighted by Crippen LogP contribution is -2.77. The smallest absolute Gasteiger partial charge is 0.232 e. The summed E-state index contributed by atoms with van der Waals surface area (Å²) < 4.78 is 42.5. The van der Waals surface area contributed by atoms with E-state index in [4.69, 9.17) is 27.8 Å². The molecular weight excluding hydrogens is 1180 g/mol. The van der Waals surface area contributed by atoms with Crippen molar-refractivity contribution in [2.24, 2.45) is 0 Å². The van der Waals surface area contributed by atoms with Crippen LogP contribution in [0.3, 0.4) is 0 Å². The van der Waals surface area contributed by atoms with E-state index in [0.29, 0.717) is 23.0 Å². The van der Waals surface area contributed by atoms with E-state index in [1.165, 1.54) is 51.9 Å². The van der Waals surface area contributed by atoms with Gasteiger partial charge in [0.05, 0.1) is 0 Å². The van der Waals surface area contributed by atoms with Crippen molar-refractivity contribution in [3.8, 4) is 46.0 Å². The molecule has 440 valence electrons. The van der Waals surface area contributed by atoms with Crippen molar-refractivity contribution in [1.82, 2.24) is 0 Å². The van der Waals surface area contributed by atoms with Gasteiger partial charge in [-0.15, -0.1) is 0 Å². The zero-order valence-electron chi connectivity index (χ0n) is 49.1. The molecule has 2 aliphatic rings. The highest BCUT2D eigenvalue weighted by Crippen LogP contribution is 2.42. The number of rotatable bonds is 14. The monoisotopic (exact) mass is 1240 g/mol. The number of hydrogen-bond donors (Lipinski definition) is 0. The molecule has 14 aromatic rings. The van der Waals surface area contributed by atoms with Gasteiger partial charge in [0.25, 0.3) is 0 Å². The second-order valence-electron chi connectivity index (χ2n) is 22.4. The van der Waals surface area contributed by atoms with Gasteiger partial charge in [-0.25, -0.2) is 0 Å². The maximum Gasteiger partial charge on any atom is 0.232 e. The zero-order chi connectivity index (χ0) is 60.1. The van der Waals surface area contributed by atoms with Crippen molar-refractivity contribution in [2.45, 2.75) is 7.43 Å². The van der Waals surface area contributed by atoms with Crippen LogP contribution in [0.5, 0.6) is 46.0 Å². The number of para-hydroxylation sites is 4. The number of furan rings is 2. The molecule has 0 radical (unpaired) electrons. The quantitative estimate of drug-likeness (QED) is 0.101. The summed E-state index contributed by atoms with van der Waals surface area (Å²) >= 11 is 0. The van der Waals surface area contributed by atoms with Crippen LogP contribution in [0.4, 0.5) is 0 Å². The molecule has 0 bridgehead atoms. The number of fused-ring (bicyclic) bond motifs is 5. The van der Waals surface area contributed by atoms with E-state index in [9.17, 15) is 0 Å². The first kappa shape index (κ1) is 58.0. The molecule has 16 rings (SSSR count). The molecular formula is C81H64O6Si4. The highest BCUT2D eigenvalue weighted by Gasteiger charge is 2.58. The molecule has 0 N–H and O–H groups in total. The summed E-state index contributed by atoms with van der Waals surface area (Å²) in [5.41, 5.74) is 0. The van der Waals surface area contributed by atoms with Crippen molar-refractivity contribution >= 4 is 107 Å². The van der Waals surface area contributed by atoms with Crippen LogP contribution in [0, 0.1) is 0 Å². The van der Waals surface area contributed by atoms with Crippen LogP contribution < -0.4 is 92.3 Å². The molecule has 91 heavy (non-hydrogen) atoms. The Labute approximate surface area is 536 Å². The first-order valence-electron chi connectivity index (χ1n) is 30.4. The SMILES string of the molecule is C.c1ccc(Oc2c([SiH](c3ccccc3)c3ccccc3)oc([SiH](c3ccccc3)c3ccccc3)c2Oc2ccccc2)cc1.c1ccc([Si]2(c3ccccc3)c3ccccc3Oc3c2oc2c3Oc3ccccc3[Si]2(c2ccccc2)c2ccccc2)cc1. The minimum absolute atomic E-state index is 0. The molecule has 0 aliphatic carbocycles. The van der Waals surface area contributed by atoms with Crippen LogP contribution in [-0.4, -0.2) is 33.7 Å². The van der Waals surface area contributed by atoms with Gasteiger partial charge in [0.2, 0.25) is 39.1 Å². The highest BCUT2D eigenvalue weighted by atomic mass is 28.3. The fraction of sp³-hybridized carbons (Fsp3) is 0.0123. The van der Waals surface area contributed by atoms with E-state index in [1.807, 2.05) is 60.7 Å². The molecule has 0 unspecified atom stereocenters. The van der Waals surface area contributed by atoms with Crippen LogP contribution in [0.2, 0.25) is 0 Å². The molecule has 0 atom stereocenters. The van der Waals surface area contributed by atoms with Gasteiger partial charge in [-0.3, -0.25) is 0 Å². The molecule has 4 heterocycles. The van der Waals surface area contributed by atoms with Crippen molar-refractivity contribution in [3.05, 3.63) is 352 Å². The first-order chi connectivity index (χ1) is 44.7. The van der Waals surface area contributed by atoms with Gasteiger partial charge in [0, 0.05) is 10.4 Å². The van der Waals surface area contributed by atoms with Gasteiger partial charge < -0.3 is 27.8 Å². The summed E-state index contributed by atoms with van der Waals surface area (Å²) in [6.45, 7) is 0. The summed E-state index contributed by atoms with van der Waals surface area (Å²) in [5.74, 6) is 5.85. The van der Waals surface area contributed by atoms with Gasteiger partial charge in [0.15, 0.2) is 17.6 Å². The van der Waals surface area contributed by atoms with Crippen LogP contribution in [0.1, 0.15) is 7.43 Å². The van der Waals surface area contributed by atoms with Gasteiger partial charge in [-0.05, 0) is 77.9 Å². The van der Waals surface area contributed by atoms with Crippen molar-refractivity contribution in [1.29, 1.82) is 0 Å². The summed E-state index contributed by atoms with van der Waals surface area (Å²) in [5, 5.41) is 15.7. The molecule has 0 amide bonds. The fourth-order valence-electron chi connectivity index (χ4n) is 13.3.